The summed E-state index contributed by atoms with van der Waals surface area (Å²) in [5.74, 6) is 1.77. The maximum Gasteiger partial charge on any atom is 0.0305 e. The van der Waals surface area contributed by atoms with Crippen molar-refractivity contribution in [2.45, 2.75) is 45.7 Å². The molecule has 94 valence electrons. The minimum atomic E-state index is 0.434. The Kier molecular flexibility index (Phi) is 4.26. The Balaban J connectivity index is 1.87. The Morgan fingerprint density at radius 3 is 2.41 bits per heavy atom. The van der Waals surface area contributed by atoms with Gasteiger partial charge in [0.2, 0.25) is 0 Å². The van der Waals surface area contributed by atoms with Gasteiger partial charge in [0.1, 0.15) is 0 Å². The van der Waals surface area contributed by atoms with Gasteiger partial charge in [0.15, 0.2) is 0 Å². The highest BCUT2D eigenvalue weighted by Crippen LogP contribution is 2.35. The summed E-state index contributed by atoms with van der Waals surface area (Å²) in [4.78, 5) is 0. The van der Waals surface area contributed by atoms with E-state index in [1.807, 2.05) is 0 Å². The summed E-state index contributed by atoms with van der Waals surface area (Å²) < 4.78 is 1.21. The number of rotatable bonds is 4. The van der Waals surface area contributed by atoms with Gasteiger partial charge < -0.3 is 5.32 Å². The third kappa shape index (κ3) is 3.11. The van der Waals surface area contributed by atoms with Gasteiger partial charge >= 0.3 is 0 Å². The van der Waals surface area contributed by atoms with E-state index >= 15 is 0 Å². The monoisotopic (exact) mass is 295 g/mol. The van der Waals surface area contributed by atoms with E-state index in [0.717, 1.165) is 11.8 Å². The van der Waals surface area contributed by atoms with Gasteiger partial charge in [-0.05, 0) is 43.2 Å². The molecule has 1 N–H and O–H groups in total. The van der Waals surface area contributed by atoms with E-state index in [1.54, 1.807) is 0 Å². The van der Waals surface area contributed by atoms with Crippen LogP contribution >= 0.6 is 15.9 Å². The molecule has 1 aromatic carbocycles. The summed E-state index contributed by atoms with van der Waals surface area (Å²) in [5.41, 5.74) is 1.36. The summed E-state index contributed by atoms with van der Waals surface area (Å²) in [5, 5.41) is 3.73. The summed E-state index contributed by atoms with van der Waals surface area (Å²) in [6.45, 7) is 6.92. The standard InChI is InChI=1S/C15H22BrN/c1-10(2)12-8-13(9-12)17-11(3)14-6-4-5-7-15(14)16/h4-7,10-13,17H,8-9H2,1-3H3. The molecule has 0 bridgehead atoms. The Morgan fingerprint density at radius 2 is 1.82 bits per heavy atom. The fraction of sp³-hybridized carbons (Fsp3) is 0.600. The molecule has 0 heterocycles. The molecule has 1 aromatic rings. The van der Waals surface area contributed by atoms with Crippen LogP contribution in [0.3, 0.4) is 0 Å². The molecule has 1 atom stereocenters. The average molecular weight is 296 g/mol. The fourth-order valence-electron chi connectivity index (χ4n) is 2.61. The summed E-state index contributed by atoms with van der Waals surface area (Å²) in [6, 6.07) is 9.63. The highest BCUT2D eigenvalue weighted by Gasteiger charge is 2.31. The van der Waals surface area contributed by atoms with Crippen molar-refractivity contribution in [2.75, 3.05) is 0 Å². The van der Waals surface area contributed by atoms with Crippen LogP contribution in [0, 0.1) is 11.8 Å². The van der Waals surface area contributed by atoms with Gasteiger partial charge in [-0.2, -0.15) is 0 Å². The molecule has 2 rings (SSSR count). The maximum absolute atomic E-state index is 3.73. The van der Waals surface area contributed by atoms with Gasteiger partial charge in [-0.1, -0.05) is 48.0 Å². The Labute approximate surface area is 113 Å². The molecule has 0 aliphatic heterocycles. The molecule has 2 heteroatoms. The van der Waals surface area contributed by atoms with Crippen molar-refractivity contribution in [1.29, 1.82) is 0 Å². The zero-order chi connectivity index (χ0) is 12.4. The van der Waals surface area contributed by atoms with Gasteiger partial charge in [-0.25, -0.2) is 0 Å². The molecule has 0 amide bonds. The number of benzene rings is 1. The third-order valence-electron chi connectivity index (χ3n) is 3.97. The summed E-state index contributed by atoms with van der Waals surface area (Å²) in [7, 11) is 0. The first-order valence-corrected chi connectivity index (χ1v) is 7.37. The van der Waals surface area contributed by atoms with E-state index in [4.69, 9.17) is 0 Å². The van der Waals surface area contributed by atoms with Crippen LogP contribution in [0.25, 0.3) is 0 Å². The average Bonchev–Trinajstić information content (AvgIpc) is 2.22. The topological polar surface area (TPSA) is 12.0 Å². The predicted octanol–water partition coefficient (Wildman–Crippen LogP) is 4.53. The molecule has 0 radical (unpaired) electrons. The first kappa shape index (κ1) is 13.1. The maximum atomic E-state index is 3.73. The molecule has 1 saturated carbocycles. The highest BCUT2D eigenvalue weighted by atomic mass is 79.9. The van der Waals surface area contributed by atoms with Crippen LogP contribution in [0.2, 0.25) is 0 Å². The molecular weight excluding hydrogens is 274 g/mol. The van der Waals surface area contributed by atoms with E-state index in [1.165, 1.54) is 22.9 Å². The number of nitrogens with one attached hydrogen (secondary N) is 1. The van der Waals surface area contributed by atoms with Crippen molar-refractivity contribution in [3.8, 4) is 0 Å². The fourth-order valence-corrected chi connectivity index (χ4v) is 3.24. The summed E-state index contributed by atoms with van der Waals surface area (Å²) >= 11 is 3.62. The van der Waals surface area contributed by atoms with Crippen LogP contribution in [0.15, 0.2) is 28.7 Å². The zero-order valence-electron chi connectivity index (χ0n) is 10.9. The van der Waals surface area contributed by atoms with Crippen molar-refractivity contribution in [1.82, 2.24) is 5.32 Å². The lowest BCUT2D eigenvalue weighted by atomic mass is 9.73. The molecule has 17 heavy (non-hydrogen) atoms. The molecule has 0 saturated heterocycles. The van der Waals surface area contributed by atoms with Crippen LogP contribution in [0.4, 0.5) is 0 Å². The summed E-state index contributed by atoms with van der Waals surface area (Å²) in [6.07, 6.45) is 2.68. The smallest absolute Gasteiger partial charge is 0.0305 e. The highest BCUT2D eigenvalue weighted by molar-refractivity contribution is 9.10. The second-order valence-electron chi connectivity index (χ2n) is 5.58. The predicted molar refractivity (Wildman–Crippen MR) is 77.0 cm³/mol. The van der Waals surface area contributed by atoms with Gasteiger partial charge in [-0.3, -0.25) is 0 Å². The molecular formula is C15H22BrN. The van der Waals surface area contributed by atoms with Crippen molar-refractivity contribution in [3.63, 3.8) is 0 Å². The van der Waals surface area contributed by atoms with Crippen molar-refractivity contribution >= 4 is 15.9 Å². The lowest BCUT2D eigenvalue weighted by molar-refractivity contribution is 0.159. The SMILES string of the molecule is CC(NC1CC(C(C)C)C1)c1ccccc1Br. The van der Waals surface area contributed by atoms with Crippen LogP contribution in [-0.4, -0.2) is 6.04 Å². The third-order valence-corrected chi connectivity index (χ3v) is 4.70. The van der Waals surface area contributed by atoms with Crippen LogP contribution in [-0.2, 0) is 0 Å². The lowest BCUT2D eigenvalue weighted by Crippen LogP contribution is -2.44. The normalized spacial score (nSPS) is 25.7. The Bertz CT molecular complexity index is 369. The van der Waals surface area contributed by atoms with E-state index in [2.05, 4.69) is 66.3 Å². The molecule has 1 aliphatic rings. The molecule has 0 spiro atoms. The molecule has 0 aromatic heterocycles. The van der Waals surface area contributed by atoms with E-state index in [9.17, 15) is 0 Å². The number of halogens is 1. The van der Waals surface area contributed by atoms with Gasteiger partial charge in [0.05, 0.1) is 0 Å². The lowest BCUT2D eigenvalue weighted by Gasteiger charge is -2.40. The second kappa shape index (κ2) is 5.53. The van der Waals surface area contributed by atoms with Crippen LogP contribution in [0.1, 0.15) is 45.2 Å². The van der Waals surface area contributed by atoms with E-state index in [0.29, 0.717) is 12.1 Å². The van der Waals surface area contributed by atoms with Gasteiger partial charge in [-0.15, -0.1) is 0 Å². The van der Waals surface area contributed by atoms with Crippen molar-refractivity contribution < 1.29 is 0 Å². The minimum Gasteiger partial charge on any atom is -0.307 e. The number of hydrogen-bond acceptors (Lipinski definition) is 1. The number of hydrogen-bond donors (Lipinski definition) is 1. The molecule has 1 aliphatic carbocycles. The quantitative estimate of drug-likeness (QED) is 0.860. The van der Waals surface area contributed by atoms with E-state index < -0.39 is 0 Å². The molecule has 1 nitrogen and oxygen atoms in total. The first-order chi connectivity index (χ1) is 8.08. The largest absolute Gasteiger partial charge is 0.307 e. The second-order valence-corrected chi connectivity index (χ2v) is 6.44. The first-order valence-electron chi connectivity index (χ1n) is 6.58. The van der Waals surface area contributed by atoms with Crippen LogP contribution < -0.4 is 5.32 Å². The Hall–Kier alpha value is -0.340. The molecule has 1 fully saturated rings. The Morgan fingerprint density at radius 1 is 1.18 bits per heavy atom. The van der Waals surface area contributed by atoms with Crippen molar-refractivity contribution in [3.05, 3.63) is 34.3 Å². The minimum absolute atomic E-state index is 0.434. The van der Waals surface area contributed by atoms with E-state index in [-0.39, 0.29) is 0 Å². The zero-order valence-corrected chi connectivity index (χ0v) is 12.5. The van der Waals surface area contributed by atoms with Crippen LogP contribution in [0.5, 0.6) is 0 Å². The van der Waals surface area contributed by atoms with Crippen molar-refractivity contribution in [2.24, 2.45) is 11.8 Å². The van der Waals surface area contributed by atoms with Gasteiger partial charge in [0.25, 0.3) is 0 Å². The molecule has 1 unspecified atom stereocenters. The van der Waals surface area contributed by atoms with Gasteiger partial charge in [0, 0.05) is 16.6 Å².